The Kier molecular flexibility index (Phi) is 6.36. The molecular weight excluding hydrogens is 439 g/mol. The molecule has 1 amide bonds. The lowest BCUT2D eigenvalue weighted by atomic mass is 9.87. The van der Waals surface area contributed by atoms with Crippen molar-refractivity contribution in [1.29, 1.82) is 0 Å². The number of benzene rings is 2. The lowest BCUT2D eigenvalue weighted by Crippen LogP contribution is -2.49. The first kappa shape index (κ1) is 22.9. The average Bonchev–Trinajstić information content (AvgIpc) is 3.47. The summed E-state index contributed by atoms with van der Waals surface area (Å²) in [5.41, 5.74) is 1.04. The average molecular weight is 471 g/mol. The molecule has 3 aliphatic heterocycles. The number of amides is 1. The number of aromatic hydroxyl groups is 1. The van der Waals surface area contributed by atoms with Gasteiger partial charge in [0.2, 0.25) is 0 Å². The van der Waals surface area contributed by atoms with Crippen LogP contribution in [-0.4, -0.2) is 77.0 Å². The fraction of sp³-hybridized carbons (Fsp3) is 0.500. The van der Waals surface area contributed by atoms with Gasteiger partial charge in [0.15, 0.2) is 0 Å². The standard InChI is InChI=1S/C26H31FN2O5/c27-19-3-6-23-18(13-19)15-26(34-23)7-11-28(12-8-26)16-21(31)17-33-24-14-20(30)4-5-22(24)25(32)29-9-1-2-10-29/h3-6,13-14,21,30-31H,1-2,7-12,15-17H2/t21-/m0/s1. The van der Waals surface area contributed by atoms with Gasteiger partial charge >= 0.3 is 0 Å². The van der Waals surface area contributed by atoms with Crippen LogP contribution < -0.4 is 9.47 Å². The van der Waals surface area contributed by atoms with Gasteiger partial charge in [-0.2, -0.15) is 0 Å². The number of β-amino-alcohol motifs (C(OH)–C–C–N with tert-alkyl or cyclic N) is 1. The van der Waals surface area contributed by atoms with Gasteiger partial charge in [0.1, 0.15) is 41.4 Å². The lowest BCUT2D eigenvalue weighted by molar-refractivity contribution is -0.00202. The van der Waals surface area contributed by atoms with Crippen LogP contribution in [0, 0.1) is 5.82 Å². The highest BCUT2D eigenvalue weighted by atomic mass is 19.1. The van der Waals surface area contributed by atoms with Crippen LogP contribution in [0.3, 0.4) is 0 Å². The number of hydrogen-bond donors (Lipinski definition) is 2. The monoisotopic (exact) mass is 470 g/mol. The Morgan fingerprint density at radius 2 is 1.88 bits per heavy atom. The number of rotatable bonds is 6. The number of nitrogens with zero attached hydrogens (tertiary/aromatic N) is 2. The van der Waals surface area contributed by atoms with Crippen molar-refractivity contribution in [2.75, 3.05) is 39.3 Å². The van der Waals surface area contributed by atoms with Crippen molar-refractivity contribution in [2.45, 2.75) is 43.8 Å². The third-order valence-corrected chi connectivity index (χ3v) is 7.12. The van der Waals surface area contributed by atoms with E-state index in [2.05, 4.69) is 4.90 Å². The summed E-state index contributed by atoms with van der Waals surface area (Å²) >= 11 is 0. The quantitative estimate of drug-likeness (QED) is 0.676. The molecule has 3 aliphatic rings. The molecule has 2 N–H and O–H groups in total. The zero-order valence-corrected chi connectivity index (χ0v) is 19.2. The second-order valence-electron chi connectivity index (χ2n) is 9.66. The lowest BCUT2D eigenvalue weighted by Gasteiger charge is -2.39. The predicted molar refractivity (Wildman–Crippen MR) is 124 cm³/mol. The molecule has 0 aliphatic carbocycles. The maximum Gasteiger partial charge on any atom is 0.257 e. The van der Waals surface area contributed by atoms with Crippen LogP contribution in [0.5, 0.6) is 17.2 Å². The fourth-order valence-electron chi connectivity index (χ4n) is 5.26. The molecule has 7 nitrogen and oxygen atoms in total. The number of hydrogen-bond acceptors (Lipinski definition) is 6. The molecule has 0 radical (unpaired) electrons. The summed E-state index contributed by atoms with van der Waals surface area (Å²) in [5, 5.41) is 20.5. The first-order chi connectivity index (χ1) is 16.4. The highest BCUT2D eigenvalue weighted by Crippen LogP contribution is 2.41. The Hall–Kier alpha value is -2.84. The molecule has 1 spiro atoms. The molecule has 0 bridgehead atoms. The third kappa shape index (κ3) is 4.83. The van der Waals surface area contributed by atoms with Gasteiger partial charge in [0.05, 0.1) is 5.56 Å². The molecule has 0 saturated carbocycles. The number of phenols is 1. The van der Waals surface area contributed by atoms with Crippen molar-refractivity contribution in [3.05, 3.63) is 53.3 Å². The Bertz CT molecular complexity index is 1050. The highest BCUT2D eigenvalue weighted by Gasteiger charge is 2.42. The van der Waals surface area contributed by atoms with Crippen molar-refractivity contribution >= 4 is 5.91 Å². The van der Waals surface area contributed by atoms with Gasteiger partial charge in [-0.25, -0.2) is 4.39 Å². The number of ether oxygens (including phenoxy) is 2. The minimum absolute atomic E-state index is 0.0150. The molecule has 34 heavy (non-hydrogen) atoms. The maximum atomic E-state index is 13.5. The second-order valence-corrected chi connectivity index (χ2v) is 9.66. The number of likely N-dealkylation sites (tertiary alicyclic amines) is 2. The molecule has 0 unspecified atom stereocenters. The molecular formula is C26H31FN2O5. The Morgan fingerprint density at radius 1 is 1.12 bits per heavy atom. The predicted octanol–water partition coefficient (Wildman–Crippen LogP) is 2.98. The first-order valence-electron chi connectivity index (χ1n) is 12.0. The molecule has 2 saturated heterocycles. The molecule has 182 valence electrons. The van der Waals surface area contributed by atoms with E-state index in [1.54, 1.807) is 23.1 Å². The van der Waals surface area contributed by atoms with Crippen LogP contribution in [-0.2, 0) is 6.42 Å². The zero-order chi connectivity index (χ0) is 23.7. The van der Waals surface area contributed by atoms with E-state index < -0.39 is 6.10 Å². The van der Waals surface area contributed by atoms with E-state index in [1.807, 2.05) is 0 Å². The number of phenolic OH excluding ortho intramolecular Hbond substituents is 1. The van der Waals surface area contributed by atoms with E-state index in [0.717, 1.165) is 63.2 Å². The highest BCUT2D eigenvalue weighted by molar-refractivity contribution is 5.97. The topological polar surface area (TPSA) is 82.5 Å². The van der Waals surface area contributed by atoms with Crippen LogP contribution >= 0.6 is 0 Å². The number of aliphatic hydroxyl groups excluding tert-OH is 1. The molecule has 2 aromatic carbocycles. The molecule has 3 heterocycles. The third-order valence-electron chi connectivity index (χ3n) is 7.12. The Labute approximate surface area is 198 Å². The zero-order valence-electron chi connectivity index (χ0n) is 19.2. The minimum atomic E-state index is -0.748. The fourth-order valence-corrected chi connectivity index (χ4v) is 5.26. The van der Waals surface area contributed by atoms with Crippen molar-refractivity contribution in [2.24, 2.45) is 0 Å². The van der Waals surface area contributed by atoms with Gasteiger partial charge in [-0.05, 0) is 43.2 Å². The largest absolute Gasteiger partial charge is 0.508 e. The van der Waals surface area contributed by atoms with Crippen LogP contribution in [0.4, 0.5) is 4.39 Å². The van der Waals surface area contributed by atoms with Gasteiger partial charge in [0.25, 0.3) is 5.91 Å². The van der Waals surface area contributed by atoms with Gasteiger partial charge < -0.3 is 29.5 Å². The van der Waals surface area contributed by atoms with E-state index in [0.29, 0.717) is 18.5 Å². The number of aliphatic hydroxyl groups is 1. The number of carbonyl (C=O) groups excluding carboxylic acids is 1. The van der Waals surface area contributed by atoms with Gasteiger partial charge in [0, 0.05) is 63.6 Å². The SMILES string of the molecule is O=C(c1ccc(O)cc1OC[C@@H](O)CN1CCC2(CC1)Cc1cc(F)ccc1O2)N1CCCC1. The molecule has 0 aromatic heterocycles. The van der Waals surface area contributed by atoms with Crippen molar-refractivity contribution in [1.82, 2.24) is 9.80 Å². The maximum absolute atomic E-state index is 13.5. The van der Waals surface area contributed by atoms with Crippen LogP contribution in [0.1, 0.15) is 41.6 Å². The normalized spacial score (nSPS) is 20.2. The second kappa shape index (κ2) is 9.43. The summed E-state index contributed by atoms with van der Waals surface area (Å²) in [6, 6.07) is 9.18. The van der Waals surface area contributed by atoms with E-state index in [1.165, 1.54) is 18.2 Å². The molecule has 1 atom stereocenters. The van der Waals surface area contributed by atoms with Gasteiger partial charge in [-0.3, -0.25) is 4.79 Å². The van der Waals surface area contributed by atoms with Crippen molar-refractivity contribution < 1.29 is 28.9 Å². The van der Waals surface area contributed by atoms with Crippen molar-refractivity contribution in [3.8, 4) is 17.2 Å². The smallest absolute Gasteiger partial charge is 0.257 e. The van der Waals surface area contributed by atoms with E-state index in [-0.39, 0.29) is 35.4 Å². The Balaban J connectivity index is 1.13. The number of piperidine rings is 1. The van der Waals surface area contributed by atoms with E-state index >= 15 is 0 Å². The Morgan fingerprint density at radius 3 is 2.65 bits per heavy atom. The van der Waals surface area contributed by atoms with Crippen molar-refractivity contribution in [3.63, 3.8) is 0 Å². The summed E-state index contributed by atoms with van der Waals surface area (Å²) in [7, 11) is 0. The molecule has 5 rings (SSSR count). The first-order valence-corrected chi connectivity index (χ1v) is 12.0. The van der Waals surface area contributed by atoms with Gasteiger partial charge in [-0.1, -0.05) is 0 Å². The summed E-state index contributed by atoms with van der Waals surface area (Å²) in [5.74, 6) is 0.727. The summed E-state index contributed by atoms with van der Waals surface area (Å²) in [4.78, 5) is 16.8. The summed E-state index contributed by atoms with van der Waals surface area (Å²) in [6.07, 6.45) is 3.55. The number of halogens is 1. The van der Waals surface area contributed by atoms with Gasteiger partial charge in [-0.15, -0.1) is 0 Å². The summed E-state index contributed by atoms with van der Waals surface area (Å²) in [6.45, 7) is 3.43. The van der Waals surface area contributed by atoms with E-state index in [4.69, 9.17) is 9.47 Å². The molecule has 2 fully saturated rings. The summed E-state index contributed by atoms with van der Waals surface area (Å²) < 4.78 is 25.6. The van der Waals surface area contributed by atoms with Crippen LogP contribution in [0.15, 0.2) is 36.4 Å². The van der Waals surface area contributed by atoms with Crippen LogP contribution in [0.2, 0.25) is 0 Å². The number of carbonyl (C=O) groups is 1. The molecule has 8 heteroatoms. The van der Waals surface area contributed by atoms with Crippen LogP contribution in [0.25, 0.3) is 0 Å². The van der Waals surface area contributed by atoms with E-state index in [9.17, 15) is 19.4 Å². The molecule has 2 aromatic rings. The number of fused-ring (bicyclic) bond motifs is 1. The minimum Gasteiger partial charge on any atom is -0.508 e.